The fraction of sp³-hybridized carbons (Fsp3) is 0.0526. The van der Waals surface area contributed by atoms with E-state index in [9.17, 15) is 4.79 Å². The second-order valence-electron chi connectivity index (χ2n) is 6.04. The van der Waals surface area contributed by atoms with Crippen LogP contribution in [-0.2, 0) is 4.79 Å². The largest absolute Gasteiger partial charge is 0.325 e. The first-order valence-corrected chi connectivity index (χ1v) is 8.44. The fourth-order valence-electron chi connectivity index (χ4n) is 3.35. The number of amides is 1. The molecular formula is C19H12ClN5O. The summed E-state index contributed by atoms with van der Waals surface area (Å²) in [5.74, 6) is -0.669. The topological polar surface area (TPSA) is 72.7 Å². The van der Waals surface area contributed by atoms with Crippen LogP contribution in [0.4, 0.5) is 5.69 Å². The Hall–Kier alpha value is -3.25. The van der Waals surface area contributed by atoms with E-state index in [1.54, 1.807) is 29.1 Å². The highest BCUT2D eigenvalue weighted by atomic mass is 35.5. The molecule has 0 saturated heterocycles. The third-order valence-electron chi connectivity index (χ3n) is 4.52. The van der Waals surface area contributed by atoms with Crippen molar-refractivity contribution < 1.29 is 4.79 Å². The van der Waals surface area contributed by atoms with Gasteiger partial charge in [0.15, 0.2) is 5.65 Å². The van der Waals surface area contributed by atoms with E-state index in [2.05, 4.69) is 20.4 Å². The lowest BCUT2D eigenvalue weighted by atomic mass is 9.95. The minimum Gasteiger partial charge on any atom is -0.325 e. The average Bonchev–Trinajstić information content (AvgIpc) is 3.23. The molecule has 126 valence electrons. The Morgan fingerprint density at radius 2 is 1.92 bits per heavy atom. The van der Waals surface area contributed by atoms with Crippen LogP contribution in [0.2, 0.25) is 5.02 Å². The van der Waals surface area contributed by atoms with E-state index in [1.165, 1.54) is 6.33 Å². The Kier molecular flexibility index (Phi) is 3.26. The molecule has 0 saturated carbocycles. The molecule has 1 aliphatic rings. The first-order chi connectivity index (χ1) is 12.7. The SMILES string of the molecule is O=C1Nc2ccc(Cl)cc2C1c1ncnc2c1cnn2-c1ccccc1. The van der Waals surface area contributed by atoms with E-state index in [0.29, 0.717) is 16.4 Å². The average molecular weight is 362 g/mol. The molecule has 26 heavy (non-hydrogen) atoms. The smallest absolute Gasteiger partial charge is 0.238 e. The van der Waals surface area contributed by atoms with Gasteiger partial charge in [0.05, 0.1) is 23.0 Å². The molecule has 3 heterocycles. The lowest BCUT2D eigenvalue weighted by Gasteiger charge is -2.10. The number of fused-ring (bicyclic) bond motifs is 2. The number of hydrogen-bond acceptors (Lipinski definition) is 4. The lowest BCUT2D eigenvalue weighted by molar-refractivity contribution is -0.116. The number of nitrogens with one attached hydrogen (secondary N) is 1. The van der Waals surface area contributed by atoms with Crippen molar-refractivity contribution in [1.82, 2.24) is 19.7 Å². The maximum atomic E-state index is 12.6. The number of hydrogen-bond donors (Lipinski definition) is 1. The number of benzene rings is 2. The predicted octanol–water partition coefficient (Wildman–Crippen LogP) is 3.55. The molecule has 1 N–H and O–H groups in total. The maximum absolute atomic E-state index is 12.6. The number of carbonyl (C=O) groups is 1. The third kappa shape index (κ3) is 2.19. The van der Waals surface area contributed by atoms with Gasteiger partial charge in [-0.15, -0.1) is 0 Å². The zero-order valence-electron chi connectivity index (χ0n) is 13.4. The van der Waals surface area contributed by atoms with Crippen molar-refractivity contribution in [2.75, 3.05) is 5.32 Å². The molecule has 1 amide bonds. The highest BCUT2D eigenvalue weighted by Gasteiger charge is 2.35. The summed E-state index contributed by atoms with van der Waals surface area (Å²) in [6.45, 7) is 0. The number of halogens is 1. The molecule has 6 nitrogen and oxygen atoms in total. The van der Waals surface area contributed by atoms with E-state index in [0.717, 1.165) is 22.3 Å². The predicted molar refractivity (Wildman–Crippen MR) is 98.6 cm³/mol. The number of carbonyl (C=O) groups excluding carboxylic acids is 1. The van der Waals surface area contributed by atoms with Crippen molar-refractivity contribution in [3.63, 3.8) is 0 Å². The van der Waals surface area contributed by atoms with Crippen molar-refractivity contribution in [2.24, 2.45) is 0 Å². The summed E-state index contributed by atoms with van der Waals surface area (Å²) < 4.78 is 1.74. The Bertz CT molecular complexity index is 1160. The summed E-state index contributed by atoms with van der Waals surface area (Å²) >= 11 is 6.14. The molecule has 1 atom stereocenters. The van der Waals surface area contributed by atoms with Gasteiger partial charge in [-0.3, -0.25) is 4.79 Å². The Morgan fingerprint density at radius 3 is 2.77 bits per heavy atom. The molecule has 1 aliphatic heterocycles. The minimum atomic E-state index is -0.539. The second-order valence-corrected chi connectivity index (χ2v) is 6.48. The van der Waals surface area contributed by atoms with Crippen LogP contribution in [0.5, 0.6) is 0 Å². The van der Waals surface area contributed by atoms with E-state index < -0.39 is 5.92 Å². The van der Waals surface area contributed by atoms with Crippen LogP contribution >= 0.6 is 11.6 Å². The van der Waals surface area contributed by atoms with Crippen molar-refractivity contribution in [3.8, 4) is 5.69 Å². The molecule has 5 rings (SSSR count). The Balaban J connectivity index is 1.71. The van der Waals surface area contributed by atoms with Gasteiger partial charge < -0.3 is 5.32 Å². The summed E-state index contributed by atoms with van der Waals surface area (Å²) in [5.41, 5.74) is 3.74. The van der Waals surface area contributed by atoms with Gasteiger partial charge in [0.2, 0.25) is 5.91 Å². The van der Waals surface area contributed by atoms with Crippen molar-refractivity contribution >= 4 is 34.2 Å². The van der Waals surface area contributed by atoms with E-state index in [4.69, 9.17) is 11.6 Å². The number of anilines is 1. The molecule has 0 radical (unpaired) electrons. The zero-order chi connectivity index (χ0) is 17.7. The molecule has 0 aliphatic carbocycles. The summed E-state index contributed by atoms with van der Waals surface area (Å²) in [6, 6.07) is 15.1. The van der Waals surface area contributed by atoms with Crippen molar-refractivity contribution in [2.45, 2.75) is 5.92 Å². The summed E-state index contributed by atoms with van der Waals surface area (Å²) in [7, 11) is 0. The first kappa shape index (κ1) is 15.0. The van der Waals surface area contributed by atoms with E-state index >= 15 is 0 Å². The third-order valence-corrected chi connectivity index (χ3v) is 4.75. The summed E-state index contributed by atoms with van der Waals surface area (Å²) in [5, 5.41) is 8.66. The molecule has 7 heteroatoms. The van der Waals surface area contributed by atoms with Crippen LogP contribution in [0, 0.1) is 0 Å². The van der Waals surface area contributed by atoms with Gasteiger partial charge in [-0.05, 0) is 35.9 Å². The molecule has 0 spiro atoms. The van der Waals surface area contributed by atoms with E-state index in [1.807, 2.05) is 30.3 Å². The lowest BCUT2D eigenvalue weighted by Crippen LogP contribution is -2.15. The number of rotatable bonds is 2. The van der Waals surface area contributed by atoms with E-state index in [-0.39, 0.29) is 5.91 Å². The van der Waals surface area contributed by atoms with Crippen molar-refractivity contribution in [1.29, 1.82) is 0 Å². The van der Waals surface area contributed by atoms with Crippen LogP contribution in [-0.4, -0.2) is 25.7 Å². The molecule has 1 unspecified atom stereocenters. The van der Waals surface area contributed by atoms with Crippen LogP contribution in [0.25, 0.3) is 16.7 Å². The molecule has 2 aromatic heterocycles. The quantitative estimate of drug-likeness (QED) is 0.592. The fourth-order valence-corrected chi connectivity index (χ4v) is 3.53. The summed E-state index contributed by atoms with van der Waals surface area (Å²) in [6.07, 6.45) is 3.17. The van der Waals surface area contributed by atoms with Gasteiger partial charge in [0.1, 0.15) is 12.2 Å². The maximum Gasteiger partial charge on any atom is 0.238 e. The number of aromatic nitrogens is 4. The highest BCUT2D eigenvalue weighted by Crippen LogP contribution is 2.39. The van der Waals surface area contributed by atoms with Crippen LogP contribution in [0.3, 0.4) is 0 Å². The Morgan fingerprint density at radius 1 is 1.08 bits per heavy atom. The number of nitrogens with zero attached hydrogens (tertiary/aromatic N) is 4. The zero-order valence-corrected chi connectivity index (χ0v) is 14.2. The van der Waals surface area contributed by atoms with Crippen LogP contribution in [0.15, 0.2) is 61.1 Å². The molecule has 0 bridgehead atoms. The highest BCUT2D eigenvalue weighted by molar-refractivity contribution is 6.31. The van der Waals surface area contributed by atoms with Gasteiger partial charge in [-0.1, -0.05) is 29.8 Å². The molecular weight excluding hydrogens is 350 g/mol. The van der Waals surface area contributed by atoms with Gasteiger partial charge in [0, 0.05) is 10.7 Å². The minimum absolute atomic E-state index is 0.130. The van der Waals surface area contributed by atoms with Crippen LogP contribution < -0.4 is 5.32 Å². The second kappa shape index (κ2) is 5.64. The summed E-state index contributed by atoms with van der Waals surface area (Å²) in [4.78, 5) is 21.4. The Labute approximate surface area is 153 Å². The molecule has 2 aromatic carbocycles. The standard InChI is InChI=1S/C19H12ClN5O/c20-11-6-7-15-13(8-11)16(19(26)24-15)17-14-9-23-25(18(14)22-10-21-17)12-4-2-1-3-5-12/h1-10,16H,(H,24,26). The molecule has 0 fully saturated rings. The first-order valence-electron chi connectivity index (χ1n) is 8.07. The van der Waals surface area contributed by atoms with Gasteiger partial charge in [-0.25, -0.2) is 14.6 Å². The molecule has 4 aromatic rings. The van der Waals surface area contributed by atoms with Gasteiger partial charge >= 0.3 is 0 Å². The van der Waals surface area contributed by atoms with Gasteiger partial charge in [-0.2, -0.15) is 5.10 Å². The van der Waals surface area contributed by atoms with Crippen LogP contribution in [0.1, 0.15) is 17.2 Å². The number of para-hydroxylation sites is 1. The van der Waals surface area contributed by atoms with Gasteiger partial charge in [0.25, 0.3) is 0 Å². The van der Waals surface area contributed by atoms with Crippen molar-refractivity contribution in [3.05, 3.63) is 77.3 Å². The normalized spacial score (nSPS) is 15.9. The monoisotopic (exact) mass is 361 g/mol.